The Morgan fingerprint density at radius 2 is 1.81 bits per heavy atom. The molecule has 0 unspecified atom stereocenters. The molecule has 0 aliphatic carbocycles. The molecule has 8 heteroatoms. The van der Waals surface area contributed by atoms with Gasteiger partial charge >= 0.3 is 0 Å². The van der Waals surface area contributed by atoms with Crippen molar-refractivity contribution in [1.29, 1.82) is 0 Å². The molecular weight excluding hydrogens is 395 g/mol. The Morgan fingerprint density at radius 1 is 1.12 bits per heavy atom. The van der Waals surface area contributed by atoms with E-state index < -0.39 is 9.84 Å². The fourth-order valence-corrected chi connectivity index (χ4v) is 4.30. The fourth-order valence-electron chi connectivity index (χ4n) is 3.14. The third kappa shape index (κ3) is 2.88. The van der Waals surface area contributed by atoms with Crippen molar-refractivity contribution in [2.75, 3.05) is 6.26 Å². The van der Waals surface area contributed by atoms with Gasteiger partial charge in [0.15, 0.2) is 15.7 Å². The number of imidazole rings is 1. The Labute approximate surface area is 161 Å². The number of aryl methyl sites for hydroxylation is 1. The van der Waals surface area contributed by atoms with Gasteiger partial charge in [-0.05, 0) is 37.3 Å². The molecule has 0 spiro atoms. The predicted octanol–water partition coefficient (Wildman–Crippen LogP) is 4.45. The standard InChI is InChI=1S/C18H14Cl2N2O3S/c1-10-18(11-5-12(19)7-13(20)6-11)22-15-4-3-14(26(2,23)24)8-16(15)25-9-17(22)21-10/h3-8H,9H2,1-2H3. The number of halogens is 2. The molecule has 0 saturated carbocycles. The van der Waals surface area contributed by atoms with E-state index in [1.807, 2.05) is 23.6 Å². The third-order valence-electron chi connectivity index (χ3n) is 4.21. The van der Waals surface area contributed by atoms with Crippen LogP contribution >= 0.6 is 23.2 Å². The minimum atomic E-state index is -3.32. The number of hydrogen-bond donors (Lipinski definition) is 0. The van der Waals surface area contributed by atoms with Crippen LogP contribution in [0.2, 0.25) is 10.0 Å². The van der Waals surface area contributed by atoms with E-state index in [0.29, 0.717) is 15.8 Å². The molecule has 3 aromatic rings. The molecule has 1 aromatic heterocycles. The summed E-state index contributed by atoms with van der Waals surface area (Å²) in [6.45, 7) is 2.15. The number of fused-ring (bicyclic) bond motifs is 3. The summed E-state index contributed by atoms with van der Waals surface area (Å²) in [6.07, 6.45) is 1.17. The van der Waals surface area contributed by atoms with Gasteiger partial charge in [-0.15, -0.1) is 0 Å². The van der Waals surface area contributed by atoms with Crippen molar-refractivity contribution in [1.82, 2.24) is 9.55 Å². The summed E-state index contributed by atoms with van der Waals surface area (Å²) in [5, 5.41) is 1.06. The average molecular weight is 409 g/mol. The molecule has 26 heavy (non-hydrogen) atoms. The Bertz CT molecular complexity index is 1130. The number of sulfone groups is 1. The first-order valence-electron chi connectivity index (χ1n) is 7.76. The van der Waals surface area contributed by atoms with Gasteiger partial charge < -0.3 is 4.74 Å². The molecule has 0 amide bonds. The van der Waals surface area contributed by atoms with Gasteiger partial charge in [-0.25, -0.2) is 13.4 Å². The maximum absolute atomic E-state index is 11.8. The monoisotopic (exact) mass is 408 g/mol. The Balaban J connectivity index is 1.97. The van der Waals surface area contributed by atoms with Crippen molar-refractivity contribution in [3.63, 3.8) is 0 Å². The third-order valence-corrected chi connectivity index (χ3v) is 5.76. The van der Waals surface area contributed by atoms with Crippen molar-refractivity contribution < 1.29 is 13.2 Å². The number of benzene rings is 2. The second-order valence-electron chi connectivity index (χ2n) is 6.15. The summed E-state index contributed by atoms with van der Waals surface area (Å²) in [4.78, 5) is 4.80. The maximum atomic E-state index is 11.8. The van der Waals surface area contributed by atoms with Gasteiger partial charge in [-0.1, -0.05) is 23.2 Å². The highest BCUT2D eigenvalue weighted by atomic mass is 35.5. The number of nitrogens with zero attached hydrogens (tertiary/aromatic N) is 2. The largest absolute Gasteiger partial charge is 0.483 e. The van der Waals surface area contributed by atoms with Gasteiger partial charge in [0.2, 0.25) is 0 Å². The molecular formula is C18H14Cl2N2O3S. The van der Waals surface area contributed by atoms with E-state index in [4.69, 9.17) is 27.9 Å². The maximum Gasteiger partial charge on any atom is 0.175 e. The van der Waals surface area contributed by atoms with Crippen molar-refractivity contribution in [3.8, 4) is 22.7 Å². The molecule has 2 heterocycles. The molecule has 0 radical (unpaired) electrons. The number of ether oxygens (including phenoxy) is 1. The molecule has 2 aromatic carbocycles. The molecule has 1 aliphatic heterocycles. The zero-order valence-corrected chi connectivity index (χ0v) is 16.3. The Kier molecular flexibility index (Phi) is 4.02. The highest BCUT2D eigenvalue weighted by Crippen LogP contribution is 2.38. The van der Waals surface area contributed by atoms with Crippen LogP contribution in [0.25, 0.3) is 16.9 Å². The second-order valence-corrected chi connectivity index (χ2v) is 9.03. The Hall–Kier alpha value is -2.02. The van der Waals surface area contributed by atoms with E-state index in [0.717, 1.165) is 28.5 Å². The molecule has 134 valence electrons. The summed E-state index contributed by atoms with van der Waals surface area (Å²) in [5.41, 5.74) is 3.21. The van der Waals surface area contributed by atoms with Crippen molar-refractivity contribution in [3.05, 3.63) is 58.0 Å². The molecule has 0 bridgehead atoms. The van der Waals surface area contributed by atoms with Gasteiger partial charge in [0.05, 0.1) is 22.0 Å². The van der Waals surface area contributed by atoms with Crippen molar-refractivity contribution >= 4 is 33.0 Å². The van der Waals surface area contributed by atoms with Gasteiger partial charge in [0, 0.05) is 27.9 Å². The van der Waals surface area contributed by atoms with Crippen LogP contribution in [-0.4, -0.2) is 24.2 Å². The molecule has 5 nitrogen and oxygen atoms in total. The molecule has 4 rings (SSSR count). The van der Waals surface area contributed by atoms with Crippen LogP contribution in [0.1, 0.15) is 11.5 Å². The van der Waals surface area contributed by atoms with Crippen LogP contribution in [0.15, 0.2) is 41.3 Å². The van der Waals surface area contributed by atoms with Crippen LogP contribution in [0.3, 0.4) is 0 Å². The fraction of sp³-hybridized carbons (Fsp3) is 0.167. The van der Waals surface area contributed by atoms with E-state index in [2.05, 4.69) is 4.98 Å². The van der Waals surface area contributed by atoms with Crippen LogP contribution < -0.4 is 4.74 Å². The lowest BCUT2D eigenvalue weighted by Crippen LogP contribution is -2.14. The first-order chi connectivity index (χ1) is 12.2. The van der Waals surface area contributed by atoms with E-state index >= 15 is 0 Å². The van der Waals surface area contributed by atoms with E-state index in [9.17, 15) is 8.42 Å². The quantitative estimate of drug-likeness (QED) is 0.628. The molecule has 0 N–H and O–H groups in total. The van der Waals surface area contributed by atoms with Gasteiger partial charge in [0.1, 0.15) is 12.4 Å². The van der Waals surface area contributed by atoms with E-state index in [1.54, 1.807) is 18.2 Å². The van der Waals surface area contributed by atoms with Crippen molar-refractivity contribution in [2.24, 2.45) is 0 Å². The van der Waals surface area contributed by atoms with Gasteiger partial charge in [-0.2, -0.15) is 0 Å². The first kappa shape index (κ1) is 17.4. The Morgan fingerprint density at radius 3 is 2.46 bits per heavy atom. The van der Waals surface area contributed by atoms with Crippen LogP contribution in [-0.2, 0) is 16.4 Å². The smallest absolute Gasteiger partial charge is 0.175 e. The van der Waals surface area contributed by atoms with Gasteiger partial charge in [-0.3, -0.25) is 4.57 Å². The average Bonchev–Trinajstić information content (AvgIpc) is 2.88. The summed E-state index contributed by atoms with van der Waals surface area (Å²) >= 11 is 12.3. The lowest BCUT2D eigenvalue weighted by atomic mass is 10.1. The van der Waals surface area contributed by atoms with E-state index in [-0.39, 0.29) is 11.5 Å². The van der Waals surface area contributed by atoms with E-state index in [1.165, 1.54) is 12.3 Å². The number of hydrogen-bond acceptors (Lipinski definition) is 4. The molecule has 0 atom stereocenters. The zero-order valence-electron chi connectivity index (χ0n) is 14.0. The summed E-state index contributed by atoms with van der Waals surface area (Å²) in [7, 11) is -3.32. The molecule has 1 aliphatic rings. The minimum Gasteiger partial charge on any atom is -0.483 e. The van der Waals surface area contributed by atoms with Crippen molar-refractivity contribution in [2.45, 2.75) is 18.4 Å². The van der Waals surface area contributed by atoms with Crippen LogP contribution in [0.4, 0.5) is 0 Å². The normalized spacial score (nSPS) is 13.1. The van der Waals surface area contributed by atoms with Gasteiger partial charge in [0.25, 0.3) is 0 Å². The highest BCUT2D eigenvalue weighted by Gasteiger charge is 2.25. The summed E-state index contributed by atoms with van der Waals surface area (Å²) < 4.78 is 31.4. The molecule has 0 fully saturated rings. The number of aromatic nitrogens is 2. The minimum absolute atomic E-state index is 0.212. The van der Waals surface area contributed by atoms with Crippen LogP contribution in [0.5, 0.6) is 5.75 Å². The highest BCUT2D eigenvalue weighted by molar-refractivity contribution is 7.90. The lowest BCUT2D eigenvalue weighted by molar-refractivity contribution is 0.279. The lowest BCUT2D eigenvalue weighted by Gasteiger charge is -2.22. The summed E-state index contributed by atoms with van der Waals surface area (Å²) in [6, 6.07) is 10.2. The topological polar surface area (TPSA) is 61.2 Å². The van der Waals surface area contributed by atoms with Crippen LogP contribution in [0, 0.1) is 6.92 Å². The summed E-state index contributed by atoms with van der Waals surface area (Å²) in [5.74, 6) is 1.22. The zero-order chi connectivity index (χ0) is 18.6. The predicted molar refractivity (Wildman–Crippen MR) is 101 cm³/mol. The molecule has 0 saturated heterocycles. The number of rotatable bonds is 2. The SMILES string of the molecule is Cc1nc2n(c1-c1cc(Cl)cc(Cl)c1)-c1ccc(S(C)(=O)=O)cc1OC2. The second kappa shape index (κ2) is 6.01. The first-order valence-corrected chi connectivity index (χ1v) is 10.4.